The average Bonchev–Trinajstić information content (AvgIpc) is 2.21. The van der Waals surface area contributed by atoms with Crippen molar-refractivity contribution >= 4 is 6.41 Å². The van der Waals surface area contributed by atoms with Crippen LogP contribution in [0.4, 0.5) is 0 Å². The highest BCUT2D eigenvalue weighted by atomic mass is 16.3. The third-order valence-corrected chi connectivity index (χ3v) is 1.61. The maximum Gasteiger partial charge on any atom is 0.209 e. The second-order valence-electron chi connectivity index (χ2n) is 2.93. The molecule has 0 heterocycles. The molecule has 0 aliphatic carbocycles. The Balaban J connectivity index is 3.71. The van der Waals surface area contributed by atoms with Gasteiger partial charge in [-0.15, -0.1) is 6.58 Å². The van der Waals surface area contributed by atoms with E-state index in [4.69, 9.17) is 0 Å². The lowest BCUT2D eigenvalue weighted by Crippen LogP contribution is -2.16. The molecule has 0 atom stereocenters. The summed E-state index contributed by atoms with van der Waals surface area (Å²) in [4.78, 5) is 11.8. The van der Waals surface area contributed by atoms with Crippen LogP contribution in [0.15, 0.2) is 36.6 Å². The highest BCUT2D eigenvalue weighted by molar-refractivity contribution is 5.46. The number of hydrogen-bond acceptors (Lipinski definition) is 2. The van der Waals surface area contributed by atoms with E-state index < -0.39 is 0 Å². The molecule has 14 heavy (non-hydrogen) atoms. The lowest BCUT2D eigenvalue weighted by molar-refractivity contribution is -0.116. The second kappa shape index (κ2) is 8.10. The van der Waals surface area contributed by atoms with Crippen molar-refractivity contribution in [3.63, 3.8) is 0 Å². The molecule has 1 amide bonds. The number of amides is 1. The van der Waals surface area contributed by atoms with Crippen LogP contribution in [-0.4, -0.2) is 30.0 Å². The smallest absolute Gasteiger partial charge is 0.209 e. The van der Waals surface area contributed by atoms with Gasteiger partial charge in [-0.3, -0.25) is 4.79 Å². The summed E-state index contributed by atoms with van der Waals surface area (Å²) in [6, 6.07) is 0. The molecule has 0 spiro atoms. The lowest BCUT2D eigenvalue weighted by atomic mass is 10.3. The number of rotatable bonds is 7. The van der Waals surface area contributed by atoms with E-state index in [0.717, 1.165) is 12.8 Å². The van der Waals surface area contributed by atoms with Crippen LogP contribution in [0.3, 0.4) is 0 Å². The molecular formula is C11H17NO2. The van der Waals surface area contributed by atoms with E-state index in [9.17, 15) is 9.90 Å². The predicted octanol–water partition coefficient (Wildman–Crippen LogP) is 2.04. The number of nitrogens with zero attached hydrogens (tertiary/aromatic N) is 1. The Morgan fingerprint density at radius 3 is 2.86 bits per heavy atom. The van der Waals surface area contributed by atoms with E-state index in [1.807, 2.05) is 6.08 Å². The maximum absolute atomic E-state index is 10.2. The Labute approximate surface area is 85.0 Å². The first kappa shape index (κ1) is 12.5. The van der Waals surface area contributed by atoms with Gasteiger partial charge < -0.3 is 10.0 Å². The molecule has 0 aliphatic rings. The predicted molar refractivity (Wildman–Crippen MR) is 58.0 cm³/mol. The molecule has 0 bridgehead atoms. The molecule has 0 aromatic heterocycles. The van der Waals surface area contributed by atoms with E-state index >= 15 is 0 Å². The first-order chi connectivity index (χ1) is 6.70. The largest absolute Gasteiger partial charge is 0.508 e. The summed E-state index contributed by atoms with van der Waals surface area (Å²) in [7, 11) is 1.72. The van der Waals surface area contributed by atoms with Gasteiger partial charge in [0.15, 0.2) is 0 Å². The van der Waals surface area contributed by atoms with Gasteiger partial charge in [-0.1, -0.05) is 12.2 Å². The van der Waals surface area contributed by atoms with Crippen LogP contribution in [0.1, 0.15) is 12.8 Å². The average molecular weight is 195 g/mol. The molecule has 1 N–H and O–H groups in total. The molecule has 0 aromatic carbocycles. The van der Waals surface area contributed by atoms with Crippen LogP contribution in [-0.2, 0) is 4.79 Å². The van der Waals surface area contributed by atoms with Crippen molar-refractivity contribution in [2.45, 2.75) is 12.8 Å². The molecular weight excluding hydrogens is 178 g/mol. The highest BCUT2D eigenvalue weighted by Crippen LogP contribution is 1.96. The molecule has 0 aliphatic heterocycles. The van der Waals surface area contributed by atoms with E-state index in [0.29, 0.717) is 13.0 Å². The molecule has 3 nitrogen and oxygen atoms in total. The van der Waals surface area contributed by atoms with Crippen molar-refractivity contribution in [3.05, 3.63) is 36.6 Å². The summed E-state index contributed by atoms with van der Waals surface area (Å²) < 4.78 is 0. The fourth-order valence-corrected chi connectivity index (χ4v) is 0.807. The quantitative estimate of drug-likeness (QED) is 0.292. The van der Waals surface area contributed by atoms with Gasteiger partial charge in [0, 0.05) is 13.6 Å². The molecule has 0 radical (unpaired) electrons. The van der Waals surface area contributed by atoms with Crippen molar-refractivity contribution in [3.8, 4) is 0 Å². The first-order valence-corrected chi connectivity index (χ1v) is 4.52. The molecule has 0 aromatic rings. The number of allylic oxidation sites excluding steroid dienone is 3. The van der Waals surface area contributed by atoms with Gasteiger partial charge in [0.1, 0.15) is 5.76 Å². The fourth-order valence-electron chi connectivity index (χ4n) is 0.807. The molecule has 78 valence electrons. The van der Waals surface area contributed by atoms with Gasteiger partial charge in [0.05, 0.1) is 0 Å². The Morgan fingerprint density at radius 1 is 1.57 bits per heavy atom. The number of aliphatic hydroxyl groups is 1. The third-order valence-electron chi connectivity index (χ3n) is 1.61. The standard InChI is InChI=1S/C11H17NO2/c1-3-4-7-11(14)8-5-6-9-12(2)10-13/h3,5,7-8,10,14H,1,4,6,9H2,2H3/b8-5-,11-7+. The summed E-state index contributed by atoms with van der Waals surface area (Å²) >= 11 is 0. The van der Waals surface area contributed by atoms with Crippen LogP contribution in [0.25, 0.3) is 0 Å². The fraction of sp³-hybridized carbons (Fsp3) is 0.364. The van der Waals surface area contributed by atoms with E-state index in [2.05, 4.69) is 6.58 Å². The van der Waals surface area contributed by atoms with Crippen molar-refractivity contribution in [1.82, 2.24) is 4.90 Å². The van der Waals surface area contributed by atoms with Crippen LogP contribution in [0.5, 0.6) is 0 Å². The van der Waals surface area contributed by atoms with Crippen LogP contribution < -0.4 is 0 Å². The molecule has 0 fully saturated rings. The SMILES string of the molecule is C=CC/C=C(O)\C=C/CCN(C)C=O. The minimum atomic E-state index is 0.235. The van der Waals surface area contributed by atoms with Gasteiger partial charge in [0.25, 0.3) is 0 Å². The number of carbonyl (C=O) groups excluding carboxylic acids is 1. The molecule has 0 saturated heterocycles. The van der Waals surface area contributed by atoms with Crippen LogP contribution in [0.2, 0.25) is 0 Å². The van der Waals surface area contributed by atoms with Gasteiger partial charge in [-0.2, -0.15) is 0 Å². The minimum absolute atomic E-state index is 0.235. The van der Waals surface area contributed by atoms with E-state index in [1.54, 1.807) is 30.2 Å². The van der Waals surface area contributed by atoms with Crippen molar-refractivity contribution in [2.24, 2.45) is 0 Å². The topological polar surface area (TPSA) is 40.5 Å². The molecule has 0 rings (SSSR count). The molecule has 3 heteroatoms. The van der Waals surface area contributed by atoms with Gasteiger partial charge in [-0.05, 0) is 25.0 Å². The summed E-state index contributed by atoms with van der Waals surface area (Å²) in [6.07, 6.45) is 9.02. The molecule has 0 saturated carbocycles. The van der Waals surface area contributed by atoms with Gasteiger partial charge in [-0.25, -0.2) is 0 Å². The second-order valence-corrected chi connectivity index (χ2v) is 2.93. The summed E-state index contributed by atoms with van der Waals surface area (Å²) in [5.41, 5.74) is 0. The summed E-state index contributed by atoms with van der Waals surface area (Å²) in [5, 5.41) is 9.25. The normalized spacial score (nSPS) is 11.6. The van der Waals surface area contributed by atoms with Gasteiger partial charge >= 0.3 is 0 Å². The van der Waals surface area contributed by atoms with E-state index in [1.165, 1.54) is 0 Å². The third kappa shape index (κ3) is 7.16. The zero-order chi connectivity index (χ0) is 10.8. The number of carbonyl (C=O) groups is 1. The Kier molecular flexibility index (Phi) is 7.23. The Hall–Kier alpha value is -1.51. The first-order valence-electron chi connectivity index (χ1n) is 4.52. The van der Waals surface area contributed by atoms with E-state index in [-0.39, 0.29) is 5.76 Å². The van der Waals surface area contributed by atoms with Crippen LogP contribution >= 0.6 is 0 Å². The minimum Gasteiger partial charge on any atom is -0.508 e. The zero-order valence-corrected chi connectivity index (χ0v) is 8.52. The summed E-state index contributed by atoms with van der Waals surface area (Å²) in [5.74, 6) is 0.235. The van der Waals surface area contributed by atoms with Crippen molar-refractivity contribution in [1.29, 1.82) is 0 Å². The van der Waals surface area contributed by atoms with Gasteiger partial charge in [0.2, 0.25) is 6.41 Å². The van der Waals surface area contributed by atoms with Crippen molar-refractivity contribution < 1.29 is 9.90 Å². The maximum atomic E-state index is 10.2. The monoisotopic (exact) mass is 195 g/mol. The Morgan fingerprint density at radius 2 is 2.29 bits per heavy atom. The lowest BCUT2D eigenvalue weighted by Gasteiger charge is -2.06. The zero-order valence-electron chi connectivity index (χ0n) is 8.52. The van der Waals surface area contributed by atoms with Crippen molar-refractivity contribution in [2.75, 3.05) is 13.6 Å². The number of aliphatic hydroxyl groups excluding tert-OH is 1. The molecule has 0 unspecified atom stereocenters. The highest BCUT2D eigenvalue weighted by Gasteiger charge is 1.89. The summed E-state index contributed by atoms with van der Waals surface area (Å²) in [6.45, 7) is 4.20. The number of hydrogen-bond donors (Lipinski definition) is 1. The Bertz CT molecular complexity index is 231. The van der Waals surface area contributed by atoms with Crippen LogP contribution in [0, 0.1) is 0 Å².